The molecule has 0 bridgehead atoms. The molecule has 4 heterocycles. The number of benzene rings is 1. The first-order chi connectivity index (χ1) is 19.1. The molecule has 6 nitrogen and oxygen atoms in total. The highest BCUT2D eigenvalue weighted by Crippen LogP contribution is 2.31. The fourth-order valence-corrected chi connectivity index (χ4v) is 5.12. The highest BCUT2D eigenvalue weighted by atomic mass is 35.5. The summed E-state index contributed by atoms with van der Waals surface area (Å²) in [5.74, 6) is 1.32. The van der Waals surface area contributed by atoms with E-state index in [-0.39, 0.29) is 23.8 Å². The molecule has 2 aliphatic rings. The summed E-state index contributed by atoms with van der Waals surface area (Å²) < 4.78 is 44.1. The van der Waals surface area contributed by atoms with Crippen molar-refractivity contribution in [1.29, 1.82) is 0 Å². The summed E-state index contributed by atoms with van der Waals surface area (Å²) in [6.07, 6.45) is 0.109. The second-order valence-corrected chi connectivity index (χ2v) is 10.8. The second-order valence-electron chi connectivity index (χ2n) is 9.93. The zero-order valence-electron chi connectivity index (χ0n) is 22.0. The van der Waals surface area contributed by atoms with Gasteiger partial charge < -0.3 is 14.5 Å². The normalized spacial score (nSPS) is 18.6. The van der Waals surface area contributed by atoms with Gasteiger partial charge in [0.15, 0.2) is 0 Å². The molecule has 40 heavy (non-hydrogen) atoms. The highest BCUT2D eigenvalue weighted by Gasteiger charge is 2.36. The zero-order chi connectivity index (χ0) is 28.7. The summed E-state index contributed by atoms with van der Waals surface area (Å²) in [6, 6.07) is 15.4. The van der Waals surface area contributed by atoms with E-state index < -0.39 is 11.7 Å². The average molecular weight is 595 g/mol. The lowest BCUT2D eigenvalue weighted by molar-refractivity contribution is -0.138. The van der Waals surface area contributed by atoms with Crippen LogP contribution in [0.25, 0.3) is 0 Å². The Hall–Kier alpha value is -3.04. The van der Waals surface area contributed by atoms with Crippen molar-refractivity contribution in [2.45, 2.75) is 38.5 Å². The van der Waals surface area contributed by atoms with Gasteiger partial charge in [0, 0.05) is 61.5 Å². The lowest BCUT2D eigenvalue weighted by atomic mass is 9.95. The van der Waals surface area contributed by atoms with Crippen LogP contribution in [0.4, 0.5) is 19.0 Å². The number of aromatic nitrogens is 2. The number of carbonyl (C=O) groups is 1. The van der Waals surface area contributed by atoms with Crippen molar-refractivity contribution in [3.63, 3.8) is 0 Å². The van der Waals surface area contributed by atoms with Crippen LogP contribution in [0.3, 0.4) is 0 Å². The van der Waals surface area contributed by atoms with Crippen molar-refractivity contribution >= 4 is 34.9 Å². The van der Waals surface area contributed by atoms with E-state index in [1.165, 1.54) is 6.07 Å². The summed E-state index contributed by atoms with van der Waals surface area (Å²) in [4.78, 5) is 25.0. The van der Waals surface area contributed by atoms with Crippen molar-refractivity contribution in [1.82, 2.24) is 14.9 Å². The number of alkyl halides is 3. The number of hydrogen-bond acceptors (Lipinski definition) is 5. The number of nitrogens with zero attached hydrogens (tertiary/aromatic N) is 4. The Kier molecular flexibility index (Phi) is 10.1. The fourth-order valence-electron chi connectivity index (χ4n) is 4.86. The molecule has 2 aliphatic heterocycles. The Balaban J connectivity index is 0.000000461. The molecule has 0 aliphatic carbocycles. The number of halogens is 5. The molecule has 0 saturated carbocycles. The first-order valence-corrected chi connectivity index (χ1v) is 13.9. The standard InChI is InChI=1S/C23H26ClF3N4O2.C6H5Cl/c1-15(33-21-5-3-19(24)13-29-21)17-8-11-31(14-17)22(32)16-6-9-30(10-7-16)20-4-2-18(12-28-20)23(25,26)27;7-6-4-2-1-3-5-6/h2-5,12-13,15-17H,6-11,14H2,1H3;1-5H/t15-,17?;/m0./s1. The maximum absolute atomic E-state index is 13.1. The van der Waals surface area contributed by atoms with Crippen molar-refractivity contribution in [2.75, 3.05) is 31.1 Å². The Bertz CT molecular complexity index is 1220. The second kappa shape index (κ2) is 13.5. The monoisotopic (exact) mass is 594 g/mol. The molecule has 214 valence electrons. The van der Waals surface area contributed by atoms with Gasteiger partial charge in [0.25, 0.3) is 0 Å². The van der Waals surface area contributed by atoms with Gasteiger partial charge in [-0.3, -0.25) is 4.79 Å². The van der Waals surface area contributed by atoms with E-state index in [0.29, 0.717) is 55.7 Å². The SMILES string of the molecule is C[C@H](Oc1ccc(Cl)cn1)C1CCN(C(=O)C2CCN(c3ccc(C(F)(F)F)cn3)CC2)C1.Clc1ccccc1. The molecule has 1 amide bonds. The third-order valence-electron chi connectivity index (χ3n) is 7.18. The minimum absolute atomic E-state index is 0.0796. The molecule has 0 N–H and O–H groups in total. The van der Waals surface area contributed by atoms with Gasteiger partial charge in [0.05, 0.1) is 10.6 Å². The maximum atomic E-state index is 13.1. The van der Waals surface area contributed by atoms with Gasteiger partial charge in [-0.15, -0.1) is 0 Å². The Morgan fingerprint density at radius 3 is 2.20 bits per heavy atom. The number of piperidine rings is 1. The van der Waals surface area contributed by atoms with E-state index in [1.807, 2.05) is 47.1 Å². The average Bonchev–Trinajstić information content (AvgIpc) is 3.45. The lowest BCUT2D eigenvalue weighted by Crippen LogP contribution is -2.42. The van der Waals surface area contributed by atoms with Crippen molar-refractivity contribution in [2.24, 2.45) is 11.8 Å². The van der Waals surface area contributed by atoms with Gasteiger partial charge in [0.1, 0.15) is 11.9 Å². The minimum Gasteiger partial charge on any atom is -0.474 e. The number of carbonyl (C=O) groups excluding carboxylic acids is 1. The van der Waals surface area contributed by atoms with E-state index in [9.17, 15) is 18.0 Å². The van der Waals surface area contributed by atoms with Gasteiger partial charge in [0.2, 0.25) is 11.8 Å². The quantitative estimate of drug-likeness (QED) is 0.317. The van der Waals surface area contributed by atoms with E-state index >= 15 is 0 Å². The number of anilines is 1. The molecule has 2 aromatic heterocycles. The van der Waals surface area contributed by atoms with Gasteiger partial charge in [-0.1, -0.05) is 41.4 Å². The molecule has 1 unspecified atom stereocenters. The van der Waals surface area contributed by atoms with Crippen LogP contribution < -0.4 is 9.64 Å². The lowest BCUT2D eigenvalue weighted by Gasteiger charge is -2.34. The van der Waals surface area contributed by atoms with E-state index in [1.54, 1.807) is 18.3 Å². The first kappa shape index (κ1) is 29.9. The molecule has 2 saturated heterocycles. The molecular weight excluding hydrogens is 564 g/mol. The molecule has 2 fully saturated rings. The largest absolute Gasteiger partial charge is 0.474 e. The third-order valence-corrected chi connectivity index (χ3v) is 7.66. The minimum atomic E-state index is -4.40. The number of rotatable bonds is 5. The van der Waals surface area contributed by atoms with Crippen LogP contribution in [0.5, 0.6) is 5.88 Å². The van der Waals surface area contributed by atoms with E-state index in [0.717, 1.165) is 23.7 Å². The van der Waals surface area contributed by atoms with Crippen molar-refractivity contribution in [3.05, 3.63) is 82.6 Å². The molecule has 5 rings (SSSR count). The summed E-state index contributed by atoms with van der Waals surface area (Å²) in [5, 5.41) is 1.34. The van der Waals surface area contributed by atoms with Crippen LogP contribution in [0.1, 0.15) is 31.7 Å². The Morgan fingerprint density at radius 1 is 0.925 bits per heavy atom. The topological polar surface area (TPSA) is 58.6 Å². The highest BCUT2D eigenvalue weighted by molar-refractivity contribution is 6.30. The Morgan fingerprint density at radius 2 is 1.65 bits per heavy atom. The predicted molar refractivity (Wildman–Crippen MR) is 150 cm³/mol. The van der Waals surface area contributed by atoms with Crippen LogP contribution in [0.15, 0.2) is 67.0 Å². The number of amides is 1. The Labute approximate surface area is 242 Å². The van der Waals surface area contributed by atoms with Gasteiger partial charge in [-0.05, 0) is 56.5 Å². The van der Waals surface area contributed by atoms with Crippen LogP contribution in [0.2, 0.25) is 10.0 Å². The van der Waals surface area contributed by atoms with Gasteiger partial charge >= 0.3 is 6.18 Å². The van der Waals surface area contributed by atoms with Crippen LogP contribution in [-0.4, -0.2) is 53.1 Å². The molecule has 11 heteroatoms. The van der Waals surface area contributed by atoms with Gasteiger partial charge in [-0.2, -0.15) is 13.2 Å². The number of hydrogen-bond donors (Lipinski definition) is 0. The number of likely N-dealkylation sites (tertiary alicyclic amines) is 1. The summed E-state index contributed by atoms with van der Waals surface area (Å²) >= 11 is 11.4. The molecule has 1 aromatic carbocycles. The van der Waals surface area contributed by atoms with Crippen LogP contribution >= 0.6 is 23.2 Å². The smallest absolute Gasteiger partial charge is 0.417 e. The molecule has 0 radical (unpaired) electrons. The fraction of sp³-hybridized carbons (Fsp3) is 0.414. The summed E-state index contributed by atoms with van der Waals surface area (Å²) in [5.41, 5.74) is -0.759. The molecule has 2 atom stereocenters. The first-order valence-electron chi connectivity index (χ1n) is 13.2. The molecule has 0 spiro atoms. The molecule has 3 aromatic rings. The third kappa shape index (κ3) is 8.24. The van der Waals surface area contributed by atoms with E-state index in [2.05, 4.69) is 9.97 Å². The number of pyridine rings is 2. The van der Waals surface area contributed by atoms with E-state index in [4.69, 9.17) is 27.9 Å². The van der Waals surface area contributed by atoms with Crippen LogP contribution in [-0.2, 0) is 11.0 Å². The maximum Gasteiger partial charge on any atom is 0.417 e. The number of ether oxygens (including phenoxy) is 1. The van der Waals surface area contributed by atoms with Crippen LogP contribution in [0, 0.1) is 11.8 Å². The zero-order valence-corrected chi connectivity index (χ0v) is 23.5. The van der Waals surface area contributed by atoms with Gasteiger partial charge in [-0.25, -0.2) is 9.97 Å². The van der Waals surface area contributed by atoms with Crippen molar-refractivity contribution in [3.8, 4) is 5.88 Å². The summed E-state index contributed by atoms with van der Waals surface area (Å²) in [7, 11) is 0. The molecular formula is C29H31Cl2F3N4O2. The predicted octanol–water partition coefficient (Wildman–Crippen LogP) is 7.02. The van der Waals surface area contributed by atoms with Crippen molar-refractivity contribution < 1.29 is 22.7 Å². The summed E-state index contributed by atoms with van der Waals surface area (Å²) in [6.45, 7) is 4.52.